The summed E-state index contributed by atoms with van der Waals surface area (Å²) in [5, 5.41) is 10.0. The van der Waals surface area contributed by atoms with Crippen LogP contribution in [0.2, 0.25) is 0 Å². The summed E-state index contributed by atoms with van der Waals surface area (Å²) < 4.78 is 0. The summed E-state index contributed by atoms with van der Waals surface area (Å²) in [7, 11) is 0. The Balaban J connectivity index is 1.83. The van der Waals surface area contributed by atoms with Crippen molar-refractivity contribution in [1.29, 1.82) is 0 Å². The smallest absolute Gasteiger partial charge is 0.119 e. The van der Waals surface area contributed by atoms with Crippen LogP contribution in [0.25, 0.3) is 0 Å². The lowest BCUT2D eigenvalue weighted by atomic mass is 9.67. The third-order valence-corrected chi connectivity index (χ3v) is 5.53. The van der Waals surface area contributed by atoms with E-state index in [9.17, 15) is 5.11 Å². The SMILES string of the molecule is CC1(C)CCC2CCC(c3ccccc3O)CC21. The van der Waals surface area contributed by atoms with E-state index >= 15 is 0 Å². The number of para-hydroxylation sites is 1. The molecular formula is C17H24O. The molecule has 1 aromatic rings. The van der Waals surface area contributed by atoms with Crippen LogP contribution in [0.1, 0.15) is 57.4 Å². The van der Waals surface area contributed by atoms with E-state index in [1.807, 2.05) is 12.1 Å². The zero-order chi connectivity index (χ0) is 12.8. The normalized spacial score (nSPS) is 34.2. The molecule has 0 heterocycles. The fourth-order valence-corrected chi connectivity index (χ4v) is 4.39. The number of hydrogen-bond acceptors (Lipinski definition) is 1. The second-order valence-corrected chi connectivity index (χ2v) is 6.96. The minimum absolute atomic E-state index is 0.497. The quantitative estimate of drug-likeness (QED) is 0.758. The molecule has 3 rings (SSSR count). The standard InChI is InChI=1S/C17H24O/c1-17(2)10-9-12-7-8-13(11-15(12)17)14-5-3-4-6-16(14)18/h3-6,12-13,15,18H,7-11H2,1-2H3. The molecule has 0 amide bonds. The molecule has 2 aliphatic rings. The van der Waals surface area contributed by atoms with E-state index < -0.39 is 0 Å². The van der Waals surface area contributed by atoms with Crippen molar-refractivity contribution in [2.24, 2.45) is 17.3 Å². The van der Waals surface area contributed by atoms with E-state index in [4.69, 9.17) is 0 Å². The van der Waals surface area contributed by atoms with Gasteiger partial charge in [-0.15, -0.1) is 0 Å². The van der Waals surface area contributed by atoms with Crippen molar-refractivity contribution < 1.29 is 5.11 Å². The molecule has 1 heteroatoms. The first-order valence-electron chi connectivity index (χ1n) is 7.36. The molecular weight excluding hydrogens is 220 g/mol. The Labute approximate surface area is 110 Å². The molecule has 0 spiro atoms. The van der Waals surface area contributed by atoms with Crippen LogP contribution >= 0.6 is 0 Å². The van der Waals surface area contributed by atoms with Gasteiger partial charge in [0.25, 0.3) is 0 Å². The summed E-state index contributed by atoms with van der Waals surface area (Å²) in [4.78, 5) is 0. The molecule has 18 heavy (non-hydrogen) atoms. The van der Waals surface area contributed by atoms with Gasteiger partial charge in [0, 0.05) is 0 Å². The maximum Gasteiger partial charge on any atom is 0.119 e. The zero-order valence-electron chi connectivity index (χ0n) is 11.5. The van der Waals surface area contributed by atoms with Gasteiger partial charge in [-0.25, -0.2) is 0 Å². The van der Waals surface area contributed by atoms with Gasteiger partial charge in [-0.05, 0) is 66.9 Å². The lowest BCUT2D eigenvalue weighted by molar-refractivity contribution is 0.148. The molecule has 0 saturated heterocycles. The average molecular weight is 244 g/mol. The van der Waals surface area contributed by atoms with Crippen molar-refractivity contribution in [2.75, 3.05) is 0 Å². The maximum absolute atomic E-state index is 10.0. The Morgan fingerprint density at radius 1 is 1.11 bits per heavy atom. The molecule has 2 saturated carbocycles. The Bertz CT molecular complexity index is 435. The summed E-state index contributed by atoms with van der Waals surface area (Å²) in [6.45, 7) is 4.87. The highest BCUT2D eigenvalue weighted by molar-refractivity contribution is 5.35. The summed E-state index contributed by atoms with van der Waals surface area (Å²) in [6, 6.07) is 7.92. The van der Waals surface area contributed by atoms with E-state index in [0.29, 0.717) is 17.1 Å². The molecule has 98 valence electrons. The van der Waals surface area contributed by atoms with Crippen molar-refractivity contribution >= 4 is 0 Å². The van der Waals surface area contributed by atoms with Crippen LogP contribution < -0.4 is 0 Å². The average Bonchev–Trinajstić information content (AvgIpc) is 2.66. The predicted octanol–water partition coefficient (Wildman–Crippen LogP) is 4.71. The van der Waals surface area contributed by atoms with Gasteiger partial charge in [0.15, 0.2) is 0 Å². The highest BCUT2D eigenvalue weighted by atomic mass is 16.3. The molecule has 3 atom stereocenters. The Morgan fingerprint density at radius 3 is 2.67 bits per heavy atom. The van der Waals surface area contributed by atoms with Crippen molar-refractivity contribution in [1.82, 2.24) is 0 Å². The molecule has 1 aromatic carbocycles. The van der Waals surface area contributed by atoms with E-state index in [-0.39, 0.29) is 0 Å². The van der Waals surface area contributed by atoms with Crippen LogP contribution in [0.4, 0.5) is 0 Å². The van der Waals surface area contributed by atoms with Gasteiger partial charge in [0.2, 0.25) is 0 Å². The maximum atomic E-state index is 10.0. The number of hydrogen-bond donors (Lipinski definition) is 1. The van der Waals surface area contributed by atoms with Gasteiger partial charge in [-0.1, -0.05) is 32.0 Å². The Morgan fingerprint density at radius 2 is 1.89 bits per heavy atom. The van der Waals surface area contributed by atoms with Crippen LogP contribution in [-0.4, -0.2) is 5.11 Å². The third kappa shape index (κ3) is 1.94. The fraction of sp³-hybridized carbons (Fsp3) is 0.647. The van der Waals surface area contributed by atoms with Crippen molar-refractivity contribution in [3.05, 3.63) is 29.8 Å². The first-order chi connectivity index (χ1) is 8.58. The zero-order valence-corrected chi connectivity index (χ0v) is 11.5. The summed E-state index contributed by atoms with van der Waals surface area (Å²) in [5.74, 6) is 2.87. The minimum Gasteiger partial charge on any atom is -0.508 e. The number of aromatic hydroxyl groups is 1. The van der Waals surface area contributed by atoms with Crippen LogP contribution in [0.15, 0.2) is 24.3 Å². The van der Waals surface area contributed by atoms with Gasteiger partial charge in [0.1, 0.15) is 5.75 Å². The molecule has 1 N–H and O–H groups in total. The minimum atomic E-state index is 0.497. The lowest BCUT2D eigenvalue weighted by Gasteiger charge is -2.38. The number of phenols is 1. The number of rotatable bonds is 1. The summed E-state index contributed by atoms with van der Waals surface area (Å²) >= 11 is 0. The molecule has 2 fully saturated rings. The number of phenolic OH excluding ortho intramolecular Hbond substituents is 1. The largest absolute Gasteiger partial charge is 0.508 e. The third-order valence-electron chi connectivity index (χ3n) is 5.53. The molecule has 0 radical (unpaired) electrons. The van der Waals surface area contributed by atoms with Gasteiger partial charge < -0.3 is 5.11 Å². The molecule has 0 aromatic heterocycles. The Hall–Kier alpha value is -0.980. The lowest BCUT2D eigenvalue weighted by Crippen LogP contribution is -2.28. The monoisotopic (exact) mass is 244 g/mol. The van der Waals surface area contributed by atoms with Crippen LogP contribution in [0.3, 0.4) is 0 Å². The van der Waals surface area contributed by atoms with Crippen LogP contribution in [0.5, 0.6) is 5.75 Å². The molecule has 0 aliphatic heterocycles. The van der Waals surface area contributed by atoms with Crippen LogP contribution in [-0.2, 0) is 0 Å². The summed E-state index contributed by atoms with van der Waals surface area (Å²) in [5.41, 5.74) is 1.69. The topological polar surface area (TPSA) is 20.2 Å². The molecule has 1 nitrogen and oxygen atoms in total. The van der Waals surface area contributed by atoms with Crippen LogP contribution in [0, 0.1) is 17.3 Å². The second-order valence-electron chi connectivity index (χ2n) is 6.96. The molecule has 3 unspecified atom stereocenters. The van der Waals surface area contributed by atoms with Gasteiger partial charge in [-0.2, -0.15) is 0 Å². The van der Waals surface area contributed by atoms with Crippen molar-refractivity contribution in [2.45, 2.75) is 51.9 Å². The highest BCUT2D eigenvalue weighted by Gasteiger charge is 2.45. The van der Waals surface area contributed by atoms with E-state index in [1.54, 1.807) is 0 Å². The van der Waals surface area contributed by atoms with E-state index in [2.05, 4.69) is 26.0 Å². The van der Waals surface area contributed by atoms with Gasteiger partial charge in [-0.3, -0.25) is 0 Å². The summed E-state index contributed by atoms with van der Waals surface area (Å²) in [6.07, 6.45) is 6.69. The molecule has 2 aliphatic carbocycles. The Kier molecular flexibility index (Phi) is 2.88. The first kappa shape index (κ1) is 12.1. The fourth-order valence-electron chi connectivity index (χ4n) is 4.39. The first-order valence-corrected chi connectivity index (χ1v) is 7.36. The molecule has 0 bridgehead atoms. The van der Waals surface area contributed by atoms with Crippen molar-refractivity contribution in [3.63, 3.8) is 0 Å². The van der Waals surface area contributed by atoms with E-state index in [1.165, 1.54) is 37.7 Å². The van der Waals surface area contributed by atoms with E-state index in [0.717, 1.165) is 11.8 Å². The number of benzene rings is 1. The predicted molar refractivity (Wildman–Crippen MR) is 74.7 cm³/mol. The number of fused-ring (bicyclic) bond motifs is 1. The second kappa shape index (κ2) is 4.29. The van der Waals surface area contributed by atoms with Gasteiger partial charge in [0.05, 0.1) is 0 Å². The highest BCUT2D eigenvalue weighted by Crippen LogP contribution is 2.56. The van der Waals surface area contributed by atoms with Gasteiger partial charge >= 0.3 is 0 Å². The van der Waals surface area contributed by atoms with Crippen molar-refractivity contribution in [3.8, 4) is 5.75 Å².